The van der Waals surface area contributed by atoms with Crippen molar-refractivity contribution < 1.29 is 28.0 Å². The number of aliphatic carboxylic acids is 1. The summed E-state index contributed by atoms with van der Waals surface area (Å²) in [7, 11) is -4.14. The van der Waals surface area contributed by atoms with E-state index in [1.807, 2.05) is 52.7 Å². The molecule has 0 saturated carbocycles. The van der Waals surface area contributed by atoms with Gasteiger partial charge < -0.3 is 16.2 Å². The smallest absolute Gasteiger partial charge is 0.322 e. The maximum absolute atomic E-state index is 13.6. The zero-order valence-electron chi connectivity index (χ0n) is 27.1. The highest BCUT2D eigenvalue weighted by atomic mass is 35.5. The SMILES string of the molecule is CC(C)c1cc(C(C)C)c(S(=O)(=O)NC(Cc2cccc(C(=N)N)c2)C(=O)O)c(C(C)C)c1.CCON1CCNC(=C=O)C1.Cl. The van der Waals surface area contributed by atoms with Crippen LogP contribution in [0.15, 0.2) is 47.0 Å². The van der Waals surface area contributed by atoms with E-state index in [-0.39, 0.29) is 47.3 Å². The number of nitrogens with two attached hydrogens (primary N) is 1. The molecular weight excluding hydrogens is 618 g/mol. The zero-order chi connectivity index (χ0) is 33.2. The number of carbonyl (C=O) groups excluding carboxylic acids is 1. The molecule has 0 bridgehead atoms. The monoisotopic (exact) mass is 665 g/mol. The molecule has 0 aromatic heterocycles. The van der Waals surface area contributed by atoms with Gasteiger partial charge in [-0.25, -0.2) is 13.2 Å². The maximum Gasteiger partial charge on any atom is 0.322 e. The summed E-state index contributed by atoms with van der Waals surface area (Å²) >= 11 is 0. The highest BCUT2D eigenvalue weighted by Gasteiger charge is 2.31. The van der Waals surface area contributed by atoms with Crippen LogP contribution in [-0.2, 0) is 30.9 Å². The quantitative estimate of drug-likeness (QED) is 0.126. The van der Waals surface area contributed by atoms with E-state index < -0.39 is 22.0 Å². The predicted octanol–water partition coefficient (Wildman–Crippen LogP) is 4.30. The number of carboxylic acids is 1. The largest absolute Gasteiger partial charge is 0.480 e. The number of sulfonamides is 1. The van der Waals surface area contributed by atoms with E-state index >= 15 is 0 Å². The average Bonchev–Trinajstić information content (AvgIpc) is 2.96. The number of rotatable bonds is 12. The van der Waals surface area contributed by atoms with E-state index in [1.165, 1.54) is 0 Å². The second-order valence-electron chi connectivity index (χ2n) is 11.6. The van der Waals surface area contributed by atoms with Gasteiger partial charge in [0.1, 0.15) is 23.5 Å². The number of hydroxylamine groups is 2. The first kappa shape index (κ1) is 39.8. The summed E-state index contributed by atoms with van der Waals surface area (Å²) in [5.41, 5.74) is 9.54. The van der Waals surface area contributed by atoms with Crippen molar-refractivity contribution in [2.24, 2.45) is 5.73 Å². The van der Waals surface area contributed by atoms with Crippen molar-refractivity contribution in [3.8, 4) is 0 Å². The second kappa shape index (κ2) is 18.0. The van der Waals surface area contributed by atoms with Gasteiger partial charge in [-0.05, 0) is 59.4 Å². The van der Waals surface area contributed by atoms with Crippen LogP contribution in [-0.4, -0.2) is 68.6 Å². The summed E-state index contributed by atoms with van der Waals surface area (Å²) in [6.07, 6.45) is -0.0756. The van der Waals surface area contributed by atoms with Crippen molar-refractivity contribution in [1.29, 1.82) is 5.41 Å². The van der Waals surface area contributed by atoms with E-state index in [9.17, 15) is 23.1 Å². The molecule has 1 heterocycles. The molecule has 6 N–H and O–H groups in total. The molecule has 1 aliphatic heterocycles. The number of nitrogens with one attached hydrogen (secondary N) is 3. The Bertz CT molecular complexity index is 1440. The lowest BCUT2D eigenvalue weighted by Crippen LogP contribution is -2.43. The average molecular weight is 666 g/mol. The molecule has 1 aliphatic rings. The van der Waals surface area contributed by atoms with E-state index in [1.54, 1.807) is 29.3 Å². The van der Waals surface area contributed by atoms with E-state index in [0.717, 1.165) is 18.7 Å². The Morgan fingerprint density at radius 1 is 1.11 bits per heavy atom. The number of carboxylic acid groups (broad SMARTS) is 1. The van der Waals surface area contributed by atoms with Gasteiger partial charge in [-0.1, -0.05) is 71.9 Å². The normalized spacial score (nSPS) is 14.2. The molecule has 1 fully saturated rings. The topological polar surface area (TPSA) is 175 Å². The Morgan fingerprint density at radius 3 is 2.18 bits per heavy atom. The first-order valence-electron chi connectivity index (χ1n) is 14.8. The highest BCUT2D eigenvalue weighted by molar-refractivity contribution is 7.89. The fourth-order valence-electron chi connectivity index (χ4n) is 4.73. The summed E-state index contributed by atoms with van der Waals surface area (Å²) < 4.78 is 29.7. The van der Waals surface area contributed by atoms with Crippen LogP contribution in [0.2, 0.25) is 0 Å². The van der Waals surface area contributed by atoms with Crippen LogP contribution in [0.4, 0.5) is 0 Å². The molecule has 13 heteroatoms. The van der Waals surface area contributed by atoms with E-state index in [4.69, 9.17) is 16.0 Å². The predicted molar refractivity (Wildman–Crippen MR) is 179 cm³/mol. The van der Waals surface area contributed by atoms with Crippen LogP contribution >= 0.6 is 12.4 Å². The van der Waals surface area contributed by atoms with Gasteiger partial charge in [0.25, 0.3) is 0 Å². The zero-order valence-corrected chi connectivity index (χ0v) is 28.8. The molecule has 1 atom stereocenters. The van der Waals surface area contributed by atoms with Gasteiger partial charge in [0.2, 0.25) is 10.0 Å². The number of halogens is 1. The van der Waals surface area contributed by atoms with Crippen molar-refractivity contribution in [3.63, 3.8) is 0 Å². The van der Waals surface area contributed by atoms with Crippen molar-refractivity contribution in [1.82, 2.24) is 15.1 Å². The van der Waals surface area contributed by atoms with Gasteiger partial charge in [0, 0.05) is 18.7 Å². The minimum atomic E-state index is -4.14. The molecule has 1 saturated heterocycles. The standard InChI is InChI=1S/C25H35N3O4S.C7H12N2O2.ClH/c1-14(2)19-12-20(15(3)4)23(21(13-19)16(5)6)33(31,32)28-22(25(29)30)11-17-8-7-9-18(10-17)24(26)27;1-2-11-9-4-3-8-7(5-9)6-10;/h7-10,12-16,22,28H,11H2,1-6H3,(H3,26,27)(H,29,30);8H,2-5H2,1H3;1H. The fraction of sp³-hybridized carbons (Fsp3) is 0.500. The summed E-state index contributed by atoms with van der Waals surface area (Å²) in [6, 6.07) is 9.06. The van der Waals surface area contributed by atoms with Gasteiger partial charge in [-0.15, -0.1) is 12.4 Å². The number of piperazine rings is 1. The second-order valence-corrected chi connectivity index (χ2v) is 13.3. The highest BCUT2D eigenvalue weighted by Crippen LogP contribution is 2.35. The number of carbonyl (C=O) groups is 1. The van der Waals surface area contributed by atoms with Crippen molar-refractivity contribution in [3.05, 3.63) is 69.9 Å². The molecule has 3 rings (SSSR count). The van der Waals surface area contributed by atoms with E-state index in [0.29, 0.717) is 41.1 Å². The molecule has 250 valence electrons. The van der Waals surface area contributed by atoms with Gasteiger partial charge in [-0.3, -0.25) is 15.0 Å². The van der Waals surface area contributed by atoms with Crippen LogP contribution in [0.25, 0.3) is 0 Å². The van der Waals surface area contributed by atoms with Crippen LogP contribution in [0, 0.1) is 5.41 Å². The first-order chi connectivity index (χ1) is 20.6. The first-order valence-corrected chi connectivity index (χ1v) is 16.3. The summed E-state index contributed by atoms with van der Waals surface area (Å²) in [4.78, 5) is 27.6. The van der Waals surface area contributed by atoms with Crippen LogP contribution in [0.5, 0.6) is 0 Å². The lowest BCUT2D eigenvalue weighted by Gasteiger charge is -2.26. The molecule has 0 radical (unpaired) electrons. The number of hydrogen-bond acceptors (Lipinski definition) is 8. The minimum Gasteiger partial charge on any atom is -0.480 e. The molecule has 45 heavy (non-hydrogen) atoms. The molecule has 2 aromatic carbocycles. The number of nitrogen functional groups attached to an aromatic ring is 1. The molecule has 0 amide bonds. The summed E-state index contributed by atoms with van der Waals surface area (Å²) in [5, 5.41) is 22.1. The van der Waals surface area contributed by atoms with Gasteiger partial charge in [0.15, 0.2) is 0 Å². The molecule has 0 aliphatic carbocycles. The minimum absolute atomic E-state index is 0. The third-order valence-corrected chi connectivity index (χ3v) is 8.69. The van der Waals surface area contributed by atoms with Gasteiger partial charge in [-0.2, -0.15) is 9.79 Å². The van der Waals surface area contributed by atoms with Crippen LogP contribution in [0.1, 0.15) is 94.0 Å². The fourth-order valence-corrected chi connectivity index (χ4v) is 6.62. The third kappa shape index (κ3) is 11.6. The molecule has 2 aromatic rings. The molecule has 11 nitrogen and oxygen atoms in total. The van der Waals surface area contributed by atoms with E-state index in [2.05, 4.69) is 23.9 Å². The number of benzene rings is 2. The Morgan fingerprint density at radius 2 is 1.71 bits per heavy atom. The van der Waals surface area contributed by atoms with Crippen LogP contribution < -0.4 is 15.8 Å². The third-order valence-electron chi connectivity index (χ3n) is 7.09. The van der Waals surface area contributed by atoms with Crippen molar-refractivity contribution in [2.45, 2.75) is 83.6 Å². The number of amidine groups is 1. The lowest BCUT2D eigenvalue weighted by atomic mass is 9.89. The van der Waals surface area contributed by atoms with Crippen molar-refractivity contribution >= 4 is 40.2 Å². The van der Waals surface area contributed by atoms with Crippen LogP contribution in [0.3, 0.4) is 0 Å². The summed E-state index contributed by atoms with van der Waals surface area (Å²) in [6.45, 7) is 16.5. The molecular formula is C32H48ClN5O6S. The maximum atomic E-state index is 13.6. The number of nitrogens with zero attached hydrogens (tertiary/aromatic N) is 1. The Hall–Kier alpha value is -3.25. The van der Waals surface area contributed by atoms with Gasteiger partial charge in [0.05, 0.1) is 18.0 Å². The van der Waals surface area contributed by atoms with Crippen molar-refractivity contribution in [2.75, 3.05) is 26.2 Å². The van der Waals surface area contributed by atoms with Gasteiger partial charge >= 0.3 is 5.97 Å². The Labute approximate surface area is 273 Å². The number of hydrogen-bond donors (Lipinski definition) is 5. The molecule has 0 spiro atoms. The summed E-state index contributed by atoms with van der Waals surface area (Å²) in [5.74, 6) is 0.504. The Balaban J connectivity index is 0.000000710. The Kier molecular flexibility index (Phi) is 15.9. The lowest BCUT2D eigenvalue weighted by molar-refractivity contribution is -0.153. The molecule has 1 unspecified atom stereocenters.